The molecule has 0 aliphatic carbocycles. The first-order valence-electron chi connectivity index (χ1n) is 3.52. The lowest BCUT2D eigenvalue weighted by Gasteiger charge is -2.06. The van der Waals surface area contributed by atoms with Crippen molar-refractivity contribution in [3.05, 3.63) is 21.9 Å². The monoisotopic (exact) mass is 262 g/mol. The molecule has 3 nitrogen and oxygen atoms in total. The second-order valence-corrected chi connectivity index (χ2v) is 3.08. The summed E-state index contributed by atoms with van der Waals surface area (Å²) in [5.41, 5.74) is -0.722. The quantitative estimate of drug-likeness (QED) is 0.770. The number of hydrogen-bond donors (Lipinski definition) is 0. The van der Waals surface area contributed by atoms with Crippen molar-refractivity contribution < 1.29 is 13.5 Å². The summed E-state index contributed by atoms with van der Waals surface area (Å²) < 4.78 is 29.7. The third-order valence-corrected chi connectivity index (χ3v) is 2.09. The first-order valence-corrected chi connectivity index (χ1v) is 4.32. The Hall–Kier alpha value is -1.22. The van der Waals surface area contributed by atoms with E-state index in [2.05, 4.69) is 20.9 Å². The largest absolute Gasteiger partial charge is 0.494 e. The van der Waals surface area contributed by atoms with Crippen molar-refractivity contribution in [1.82, 2.24) is 4.98 Å². The standard InChI is InChI=1S/C8H5BrF2N2O/c1-14-5-2-4(3-12)6(8(10)11)13-7(5)9/h2,8H,1H3. The van der Waals surface area contributed by atoms with Crippen molar-refractivity contribution in [2.24, 2.45) is 0 Å². The average Bonchev–Trinajstić information content (AvgIpc) is 2.17. The van der Waals surface area contributed by atoms with E-state index in [0.717, 1.165) is 0 Å². The molecule has 0 saturated heterocycles. The molecule has 6 heteroatoms. The second-order valence-electron chi connectivity index (χ2n) is 2.33. The van der Waals surface area contributed by atoms with E-state index in [0.29, 0.717) is 0 Å². The number of ether oxygens (including phenoxy) is 1. The molecule has 1 aromatic heterocycles. The van der Waals surface area contributed by atoms with Gasteiger partial charge in [0.15, 0.2) is 5.75 Å². The molecule has 1 rings (SSSR count). The van der Waals surface area contributed by atoms with Gasteiger partial charge >= 0.3 is 0 Å². The molecule has 0 atom stereocenters. The Morgan fingerprint density at radius 1 is 1.64 bits per heavy atom. The van der Waals surface area contributed by atoms with Gasteiger partial charge in [-0.2, -0.15) is 5.26 Å². The summed E-state index contributed by atoms with van der Waals surface area (Å²) in [5, 5.41) is 8.58. The Balaban J connectivity index is 3.33. The highest BCUT2D eigenvalue weighted by Crippen LogP contribution is 2.29. The molecule has 14 heavy (non-hydrogen) atoms. The normalized spacial score (nSPS) is 10.0. The Bertz CT molecular complexity index is 390. The van der Waals surface area contributed by atoms with Crippen LogP contribution in [0.2, 0.25) is 0 Å². The van der Waals surface area contributed by atoms with Crippen molar-refractivity contribution in [3.8, 4) is 11.8 Å². The number of pyridine rings is 1. The van der Waals surface area contributed by atoms with Crippen LogP contribution in [-0.2, 0) is 0 Å². The number of hydrogen-bond acceptors (Lipinski definition) is 3. The van der Waals surface area contributed by atoms with Crippen molar-refractivity contribution in [2.45, 2.75) is 6.43 Å². The minimum absolute atomic E-state index is 0.161. The molecule has 0 N–H and O–H groups in total. The summed E-state index contributed by atoms with van der Waals surface area (Å²) in [5.74, 6) is 0.256. The molecule has 0 aromatic carbocycles. The lowest BCUT2D eigenvalue weighted by molar-refractivity contribution is 0.145. The SMILES string of the molecule is COc1cc(C#N)c(C(F)F)nc1Br. The van der Waals surface area contributed by atoms with Gasteiger partial charge in [0.2, 0.25) is 0 Å². The molecule has 0 spiro atoms. The molecule has 1 heterocycles. The molecule has 1 aromatic rings. The van der Waals surface area contributed by atoms with E-state index in [1.807, 2.05) is 0 Å². The molecular weight excluding hydrogens is 258 g/mol. The summed E-state index contributed by atoms with van der Waals surface area (Å²) >= 11 is 2.96. The van der Waals surface area contributed by atoms with Gasteiger partial charge in [-0.05, 0) is 15.9 Å². The maximum Gasteiger partial charge on any atom is 0.281 e. The minimum Gasteiger partial charge on any atom is -0.494 e. The summed E-state index contributed by atoms with van der Waals surface area (Å²) in [4.78, 5) is 3.53. The zero-order valence-corrected chi connectivity index (χ0v) is 8.68. The zero-order chi connectivity index (χ0) is 10.7. The summed E-state index contributed by atoms with van der Waals surface area (Å²) in [7, 11) is 1.37. The van der Waals surface area contributed by atoms with Gasteiger partial charge in [0.25, 0.3) is 6.43 Å². The number of nitriles is 1. The van der Waals surface area contributed by atoms with Gasteiger partial charge in [0.1, 0.15) is 16.4 Å². The topological polar surface area (TPSA) is 45.9 Å². The van der Waals surface area contributed by atoms with E-state index in [1.54, 1.807) is 6.07 Å². The predicted octanol–water partition coefficient (Wildman–Crippen LogP) is 2.66. The Labute approximate surface area is 87.5 Å². The zero-order valence-electron chi connectivity index (χ0n) is 7.09. The summed E-state index contributed by atoms with van der Waals surface area (Å²) in [6.45, 7) is 0. The van der Waals surface area contributed by atoms with Crippen molar-refractivity contribution in [1.29, 1.82) is 5.26 Å². The fourth-order valence-electron chi connectivity index (χ4n) is 0.885. The van der Waals surface area contributed by atoms with Crippen LogP contribution in [0.4, 0.5) is 8.78 Å². The van der Waals surface area contributed by atoms with Gasteiger partial charge < -0.3 is 4.74 Å². The molecule has 0 radical (unpaired) electrons. The van der Waals surface area contributed by atoms with Crippen LogP contribution in [0, 0.1) is 11.3 Å². The fourth-order valence-corrected chi connectivity index (χ4v) is 1.35. The number of methoxy groups -OCH3 is 1. The Kier molecular flexibility index (Phi) is 3.36. The van der Waals surface area contributed by atoms with Crippen molar-refractivity contribution in [2.75, 3.05) is 7.11 Å². The van der Waals surface area contributed by atoms with E-state index in [1.165, 1.54) is 13.2 Å². The number of aromatic nitrogens is 1. The lowest BCUT2D eigenvalue weighted by Crippen LogP contribution is -1.98. The number of alkyl halides is 2. The summed E-state index contributed by atoms with van der Waals surface area (Å²) in [6.07, 6.45) is -2.77. The van der Waals surface area contributed by atoms with Gasteiger partial charge in [0, 0.05) is 6.07 Å². The van der Waals surface area contributed by atoms with Crippen LogP contribution < -0.4 is 4.74 Å². The van der Waals surface area contributed by atoms with Crippen LogP contribution in [0.15, 0.2) is 10.7 Å². The molecule has 0 saturated carbocycles. The molecule has 0 aliphatic rings. The van der Waals surface area contributed by atoms with Gasteiger partial charge in [0.05, 0.1) is 12.7 Å². The second kappa shape index (κ2) is 4.33. The highest BCUT2D eigenvalue weighted by molar-refractivity contribution is 9.10. The maximum atomic E-state index is 12.4. The third kappa shape index (κ3) is 1.99. The van der Waals surface area contributed by atoms with Crippen LogP contribution in [0.5, 0.6) is 5.75 Å². The molecular formula is C8H5BrF2N2O. The number of nitrogens with zero attached hydrogens (tertiary/aromatic N) is 2. The highest BCUT2D eigenvalue weighted by Gasteiger charge is 2.18. The van der Waals surface area contributed by atoms with Crippen LogP contribution in [-0.4, -0.2) is 12.1 Å². The minimum atomic E-state index is -2.77. The van der Waals surface area contributed by atoms with Crippen LogP contribution in [0.3, 0.4) is 0 Å². The van der Waals surface area contributed by atoms with Crippen molar-refractivity contribution >= 4 is 15.9 Å². The highest BCUT2D eigenvalue weighted by atomic mass is 79.9. The predicted molar refractivity (Wildman–Crippen MR) is 48.2 cm³/mol. The van der Waals surface area contributed by atoms with Gasteiger partial charge in [-0.1, -0.05) is 0 Å². The van der Waals surface area contributed by atoms with Gasteiger partial charge in [-0.3, -0.25) is 0 Å². The van der Waals surface area contributed by atoms with E-state index in [4.69, 9.17) is 10.00 Å². The smallest absolute Gasteiger partial charge is 0.281 e. The molecule has 0 fully saturated rings. The number of rotatable bonds is 2. The van der Waals surface area contributed by atoms with Gasteiger partial charge in [-0.25, -0.2) is 13.8 Å². The summed E-state index contributed by atoms with van der Waals surface area (Å²) in [6, 6.07) is 2.86. The van der Waals surface area contributed by atoms with Crippen LogP contribution in [0.1, 0.15) is 17.7 Å². The van der Waals surface area contributed by atoms with E-state index >= 15 is 0 Å². The van der Waals surface area contributed by atoms with Crippen LogP contribution >= 0.6 is 15.9 Å². The van der Waals surface area contributed by atoms with E-state index in [-0.39, 0.29) is 15.9 Å². The lowest BCUT2D eigenvalue weighted by atomic mass is 10.2. The van der Waals surface area contributed by atoms with Gasteiger partial charge in [-0.15, -0.1) is 0 Å². The number of halogens is 3. The molecule has 0 amide bonds. The molecule has 0 bridgehead atoms. The molecule has 0 aliphatic heterocycles. The van der Waals surface area contributed by atoms with E-state index in [9.17, 15) is 8.78 Å². The van der Waals surface area contributed by atoms with E-state index < -0.39 is 12.1 Å². The fraction of sp³-hybridized carbons (Fsp3) is 0.250. The Morgan fingerprint density at radius 2 is 2.29 bits per heavy atom. The average molecular weight is 263 g/mol. The first kappa shape index (κ1) is 10.9. The van der Waals surface area contributed by atoms with Crippen molar-refractivity contribution in [3.63, 3.8) is 0 Å². The maximum absolute atomic E-state index is 12.4. The van der Waals surface area contributed by atoms with Crippen LogP contribution in [0.25, 0.3) is 0 Å². The third-order valence-electron chi connectivity index (χ3n) is 1.52. The molecule has 74 valence electrons. The first-order chi connectivity index (χ1) is 6.60. The Morgan fingerprint density at radius 3 is 2.71 bits per heavy atom. The molecule has 0 unspecified atom stereocenters.